The van der Waals surface area contributed by atoms with Gasteiger partial charge in [-0.25, -0.2) is 0 Å². The normalized spacial score (nSPS) is 20.2. The van der Waals surface area contributed by atoms with Crippen LogP contribution in [0.25, 0.3) is 0 Å². The van der Waals surface area contributed by atoms with Gasteiger partial charge in [-0.2, -0.15) is 0 Å². The van der Waals surface area contributed by atoms with E-state index >= 15 is 0 Å². The summed E-state index contributed by atoms with van der Waals surface area (Å²) < 4.78 is 8.67. The van der Waals surface area contributed by atoms with Gasteiger partial charge in [0.05, 0.1) is 0 Å². The molecule has 2 fully saturated rings. The molecular weight excluding hydrogens is 324 g/mol. The van der Waals surface area contributed by atoms with Gasteiger partial charge in [0.25, 0.3) is 5.91 Å². The van der Waals surface area contributed by atoms with Crippen molar-refractivity contribution in [1.29, 1.82) is 0 Å². The molecule has 126 valence electrons. The average molecular weight is 344 g/mol. The maximum atomic E-state index is 12.2. The van der Waals surface area contributed by atoms with E-state index < -0.39 is 0 Å². The minimum absolute atomic E-state index is 0.235. The first-order valence-corrected chi connectivity index (χ1v) is 9.11. The predicted octanol–water partition coefficient (Wildman–Crippen LogP) is 2.76. The SMILES string of the molecule is O=C(Nc1ccc(SNC2CCNC2)cc1)c1cc(C2CC2)on1. The van der Waals surface area contributed by atoms with Crippen molar-refractivity contribution in [3.05, 3.63) is 41.8 Å². The third-order valence-corrected chi connectivity index (χ3v) is 5.22. The molecule has 1 aromatic carbocycles. The molecule has 1 aliphatic carbocycles. The Balaban J connectivity index is 1.31. The lowest BCUT2D eigenvalue weighted by Crippen LogP contribution is -2.25. The molecule has 0 spiro atoms. The van der Waals surface area contributed by atoms with Gasteiger partial charge in [0.1, 0.15) is 5.76 Å². The van der Waals surface area contributed by atoms with Crippen molar-refractivity contribution in [1.82, 2.24) is 15.2 Å². The van der Waals surface area contributed by atoms with E-state index in [1.165, 1.54) is 0 Å². The van der Waals surface area contributed by atoms with E-state index in [2.05, 4.69) is 20.5 Å². The third kappa shape index (κ3) is 3.80. The monoisotopic (exact) mass is 344 g/mol. The Labute approximate surface area is 144 Å². The molecule has 1 saturated heterocycles. The molecular formula is C17H20N4O2S. The Morgan fingerprint density at radius 1 is 1.25 bits per heavy atom. The van der Waals surface area contributed by atoms with Gasteiger partial charge in [0, 0.05) is 35.2 Å². The smallest absolute Gasteiger partial charge is 0.277 e. The molecule has 24 heavy (non-hydrogen) atoms. The molecule has 1 saturated carbocycles. The Morgan fingerprint density at radius 2 is 2.08 bits per heavy atom. The second kappa shape index (κ2) is 6.96. The summed E-state index contributed by atoms with van der Waals surface area (Å²) in [5.41, 5.74) is 1.09. The Morgan fingerprint density at radius 3 is 2.79 bits per heavy atom. The first kappa shape index (κ1) is 15.7. The van der Waals surface area contributed by atoms with E-state index in [-0.39, 0.29) is 5.91 Å². The van der Waals surface area contributed by atoms with Crippen LogP contribution >= 0.6 is 11.9 Å². The molecule has 1 aromatic heterocycles. The van der Waals surface area contributed by atoms with Crippen molar-refractivity contribution in [3.63, 3.8) is 0 Å². The van der Waals surface area contributed by atoms with Crippen LogP contribution in [0, 0.1) is 0 Å². The van der Waals surface area contributed by atoms with Crippen LogP contribution in [0.3, 0.4) is 0 Å². The number of hydrogen-bond donors (Lipinski definition) is 3. The van der Waals surface area contributed by atoms with Gasteiger partial charge in [-0.3, -0.25) is 9.52 Å². The standard InChI is InChI=1S/C17H20N4O2S/c22-17(15-9-16(23-20-15)11-1-2-11)19-12-3-5-14(6-4-12)24-21-13-7-8-18-10-13/h3-6,9,11,13,18,21H,1-2,7-8,10H2,(H,19,22). The second-order valence-electron chi connectivity index (χ2n) is 6.28. The van der Waals surface area contributed by atoms with Crippen molar-refractivity contribution in [2.24, 2.45) is 0 Å². The van der Waals surface area contributed by atoms with Crippen molar-refractivity contribution in [3.8, 4) is 0 Å². The van der Waals surface area contributed by atoms with Gasteiger partial charge in [0.2, 0.25) is 0 Å². The molecule has 0 radical (unpaired) electrons. The first-order valence-electron chi connectivity index (χ1n) is 8.29. The van der Waals surface area contributed by atoms with E-state index in [1.54, 1.807) is 18.0 Å². The highest BCUT2D eigenvalue weighted by Crippen LogP contribution is 2.40. The number of hydrogen-bond acceptors (Lipinski definition) is 6. The summed E-state index contributed by atoms with van der Waals surface area (Å²) in [4.78, 5) is 13.3. The number of nitrogens with one attached hydrogen (secondary N) is 3. The maximum absolute atomic E-state index is 12.2. The number of nitrogens with zero attached hydrogens (tertiary/aromatic N) is 1. The highest BCUT2D eigenvalue weighted by molar-refractivity contribution is 7.97. The molecule has 1 aliphatic heterocycles. The molecule has 1 unspecified atom stereocenters. The van der Waals surface area contributed by atoms with Gasteiger partial charge < -0.3 is 15.2 Å². The molecule has 2 heterocycles. The number of carbonyl (C=O) groups is 1. The fourth-order valence-electron chi connectivity index (χ4n) is 2.66. The topological polar surface area (TPSA) is 79.2 Å². The summed E-state index contributed by atoms with van der Waals surface area (Å²) in [6.45, 7) is 2.09. The largest absolute Gasteiger partial charge is 0.360 e. The molecule has 7 heteroatoms. The summed E-state index contributed by atoms with van der Waals surface area (Å²) in [6, 6.07) is 10.0. The zero-order valence-electron chi connectivity index (χ0n) is 13.2. The fraction of sp³-hybridized carbons (Fsp3) is 0.412. The average Bonchev–Trinajstić information content (AvgIpc) is 3.12. The second-order valence-corrected chi connectivity index (χ2v) is 7.19. The van der Waals surface area contributed by atoms with E-state index in [9.17, 15) is 4.79 Å². The molecule has 6 nitrogen and oxygen atoms in total. The van der Waals surface area contributed by atoms with Crippen molar-refractivity contribution in [2.45, 2.75) is 36.1 Å². The van der Waals surface area contributed by atoms with Gasteiger partial charge >= 0.3 is 0 Å². The number of rotatable bonds is 6. The van der Waals surface area contributed by atoms with Crippen LogP contribution < -0.4 is 15.4 Å². The summed E-state index contributed by atoms with van der Waals surface area (Å²) in [5, 5.41) is 10.0. The van der Waals surface area contributed by atoms with E-state index in [0.717, 1.165) is 48.7 Å². The van der Waals surface area contributed by atoms with Crippen LogP contribution in [0.15, 0.2) is 39.8 Å². The quantitative estimate of drug-likeness (QED) is 0.699. The van der Waals surface area contributed by atoms with Crippen LogP contribution in [0.1, 0.15) is 41.4 Å². The summed E-state index contributed by atoms with van der Waals surface area (Å²) in [5.74, 6) is 1.04. The zero-order chi connectivity index (χ0) is 16.4. The van der Waals surface area contributed by atoms with Gasteiger partial charge in [-0.1, -0.05) is 5.16 Å². The highest BCUT2D eigenvalue weighted by atomic mass is 32.2. The third-order valence-electron chi connectivity index (χ3n) is 4.26. The minimum Gasteiger partial charge on any atom is -0.360 e. The fourth-order valence-corrected chi connectivity index (χ4v) is 3.44. The summed E-state index contributed by atoms with van der Waals surface area (Å²) in [6.07, 6.45) is 3.41. The summed E-state index contributed by atoms with van der Waals surface area (Å²) in [7, 11) is 0. The van der Waals surface area contributed by atoms with Crippen LogP contribution in [0.5, 0.6) is 0 Å². The molecule has 1 atom stereocenters. The minimum atomic E-state index is -0.235. The van der Waals surface area contributed by atoms with Crippen molar-refractivity contribution in [2.75, 3.05) is 18.4 Å². The highest BCUT2D eigenvalue weighted by Gasteiger charge is 2.28. The van der Waals surface area contributed by atoms with Crippen LogP contribution in [-0.4, -0.2) is 30.2 Å². The Kier molecular flexibility index (Phi) is 4.55. The van der Waals surface area contributed by atoms with Gasteiger partial charge in [0.15, 0.2) is 5.69 Å². The zero-order valence-corrected chi connectivity index (χ0v) is 14.1. The Hall–Kier alpha value is -1.83. The molecule has 2 aliphatic rings. The maximum Gasteiger partial charge on any atom is 0.277 e. The lowest BCUT2D eigenvalue weighted by Gasteiger charge is -2.10. The van der Waals surface area contributed by atoms with Gasteiger partial charge in [-0.05, 0) is 62.0 Å². The number of amides is 1. The van der Waals surface area contributed by atoms with E-state index in [1.807, 2.05) is 24.3 Å². The van der Waals surface area contributed by atoms with Gasteiger partial charge in [-0.15, -0.1) is 0 Å². The van der Waals surface area contributed by atoms with Crippen molar-refractivity contribution >= 4 is 23.5 Å². The molecule has 0 bridgehead atoms. The lowest BCUT2D eigenvalue weighted by molar-refractivity contribution is 0.101. The first-order chi connectivity index (χ1) is 11.8. The predicted molar refractivity (Wildman–Crippen MR) is 93.1 cm³/mol. The van der Waals surface area contributed by atoms with Crippen molar-refractivity contribution < 1.29 is 9.32 Å². The Bertz CT molecular complexity index is 706. The molecule has 4 rings (SSSR count). The summed E-state index contributed by atoms with van der Waals surface area (Å²) >= 11 is 1.63. The van der Waals surface area contributed by atoms with Crippen LogP contribution in [0.2, 0.25) is 0 Å². The van der Waals surface area contributed by atoms with E-state index in [4.69, 9.17) is 4.52 Å². The molecule has 3 N–H and O–H groups in total. The van der Waals surface area contributed by atoms with E-state index in [0.29, 0.717) is 17.7 Å². The number of carbonyl (C=O) groups excluding carboxylic acids is 1. The van der Waals surface area contributed by atoms with Crippen LogP contribution in [0.4, 0.5) is 5.69 Å². The number of aromatic nitrogens is 1. The number of benzene rings is 1. The van der Waals surface area contributed by atoms with Crippen LogP contribution in [-0.2, 0) is 0 Å². The molecule has 2 aromatic rings. The molecule has 1 amide bonds. The number of anilines is 1. The lowest BCUT2D eigenvalue weighted by atomic mass is 10.2.